The van der Waals surface area contributed by atoms with E-state index in [1.165, 1.54) is 12.1 Å². The second kappa shape index (κ2) is 3.85. The third-order valence-corrected chi connectivity index (χ3v) is 2.49. The Kier molecular flexibility index (Phi) is 2.54. The van der Waals surface area contributed by atoms with E-state index in [0.717, 1.165) is 23.4 Å². The standard InChI is InChI=1S/C12H13FN2/c1-8-7-9(2)14-15-12(8)10-3-5-11(13)6-4-10/h3-6,8,14H,2,7H2,1H3. The van der Waals surface area contributed by atoms with Gasteiger partial charge in [-0.2, -0.15) is 5.10 Å². The summed E-state index contributed by atoms with van der Waals surface area (Å²) >= 11 is 0. The normalized spacial score (nSPS) is 20.8. The molecule has 0 aromatic heterocycles. The summed E-state index contributed by atoms with van der Waals surface area (Å²) in [5.74, 6) is 0.101. The molecule has 1 aliphatic heterocycles. The molecule has 1 unspecified atom stereocenters. The van der Waals surface area contributed by atoms with Crippen molar-refractivity contribution < 1.29 is 4.39 Å². The summed E-state index contributed by atoms with van der Waals surface area (Å²) in [7, 11) is 0. The molecule has 1 atom stereocenters. The van der Waals surface area contributed by atoms with Crippen LogP contribution in [0.2, 0.25) is 0 Å². The van der Waals surface area contributed by atoms with E-state index >= 15 is 0 Å². The Morgan fingerprint density at radius 3 is 2.67 bits per heavy atom. The highest BCUT2D eigenvalue weighted by Crippen LogP contribution is 2.19. The van der Waals surface area contributed by atoms with Crippen LogP contribution >= 0.6 is 0 Å². The quantitative estimate of drug-likeness (QED) is 0.747. The predicted molar refractivity (Wildman–Crippen MR) is 59.0 cm³/mol. The van der Waals surface area contributed by atoms with Crippen LogP contribution in [0.3, 0.4) is 0 Å². The minimum Gasteiger partial charge on any atom is -0.283 e. The average molecular weight is 204 g/mol. The molecule has 0 radical (unpaired) electrons. The maximum atomic E-state index is 12.7. The first-order chi connectivity index (χ1) is 7.16. The molecule has 0 saturated carbocycles. The topological polar surface area (TPSA) is 24.4 Å². The van der Waals surface area contributed by atoms with E-state index in [-0.39, 0.29) is 5.82 Å². The van der Waals surface area contributed by atoms with Crippen molar-refractivity contribution in [3.8, 4) is 0 Å². The van der Waals surface area contributed by atoms with E-state index in [1.807, 2.05) is 0 Å². The number of hydrogen-bond acceptors (Lipinski definition) is 2. The van der Waals surface area contributed by atoms with Crippen LogP contribution < -0.4 is 5.43 Å². The number of rotatable bonds is 1. The molecule has 0 spiro atoms. The lowest BCUT2D eigenvalue weighted by Crippen LogP contribution is -2.25. The van der Waals surface area contributed by atoms with Gasteiger partial charge in [0.1, 0.15) is 5.82 Å². The molecule has 1 aliphatic rings. The maximum absolute atomic E-state index is 12.7. The minimum atomic E-state index is -0.222. The minimum absolute atomic E-state index is 0.222. The van der Waals surface area contributed by atoms with Crippen LogP contribution in [0.4, 0.5) is 4.39 Å². The highest BCUT2D eigenvalue weighted by Gasteiger charge is 2.18. The second-order valence-electron chi connectivity index (χ2n) is 3.82. The lowest BCUT2D eigenvalue weighted by atomic mass is 9.93. The molecule has 0 aliphatic carbocycles. The van der Waals surface area contributed by atoms with Crippen molar-refractivity contribution in [1.29, 1.82) is 0 Å². The molecule has 0 amide bonds. The summed E-state index contributed by atoms with van der Waals surface area (Å²) in [6.45, 7) is 5.92. The molecular formula is C12H13FN2. The van der Waals surface area contributed by atoms with Crippen LogP contribution in [0.1, 0.15) is 18.9 Å². The van der Waals surface area contributed by atoms with E-state index < -0.39 is 0 Å². The van der Waals surface area contributed by atoms with Crippen LogP contribution in [-0.2, 0) is 0 Å². The van der Waals surface area contributed by atoms with Crippen molar-refractivity contribution in [3.05, 3.63) is 47.9 Å². The first kappa shape index (κ1) is 9.90. The number of nitrogens with zero attached hydrogens (tertiary/aromatic N) is 1. The number of hydrazone groups is 1. The van der Waals surface area contributed by atoms with Crippen LogP contribution in [0.25, 0.3) is 0 Å². The van der Waals surface area contributed by atoms with Gasteiger partial charge in [-0.1, -0.05) is 25.6 Å². The molecule has 15 heavy (non-hydrogen) atoms. The van der Waals surface area contributed by atoms with Gasteiger partial charge in [-0.25, -0.2) is 4.39 Å². The number of benzene rings is 1. The van der Waals surface area contributed by atoms with Gasteiger partial charge in [0.05, 0.1) is 5.71 Å². The highest BCUT2D eigenvalue weighted by atomic mass is 19.1. The summed E-state index contributed by atoms with van der Waals surface area (Å²) < 4.78 is 12.7. The van der Waals surface area contributed by atoms with Crippen LogP contribution in [0.5, 0.6) is 0 Å². The largest absolute Gasteiger partial charge is 0.283 e. The predicted octanol–water partition coefficient (Wildman–Crippen LogP) is 2.67. The molecule has 1 N–H and O–H groups in total. The van der Waals surface area contributed by atoms with Crippen LogP contribution in [0, 0.1) is 11.7 Å². The summed E-state index contributed by atoms with van der Waals surface area (Å²) in [4.78, 5) is 0. The summed E-state index contributed by atoms with van der Waals surface area (Å²) in [6, 6.07) is 6.41. The van der Waals surface area contributed by atoms with E-state index in [2.05, 4.69) is 24.0 Å². The van der Waals surface area contributed by atoms with E-state index in [9.17, 15) is 4.39 Å². The molecular weight excluding hydrogens is 191 g/mol. The molecule has 0 fully saturated rings. The van der Waals surface area contributed by atoms with Gasteiger partial charge in [0.25, 0.3) is 0 Å². The molecule has 2 rings (SSSR count). The van der Waals surface area contributed by atoms with Gasteiger partial charge in [0, 0.05) is 11.6 Å². The molecule has 1 aromatic carbocycles. The van der Waals surface area contributed by atoms with Gasteiger partial charge >= 0.3 is 0 Å². The third-order valence-electron chi connectivity index (χ3n) is 2.49. The molecule has 0 saturated heterocycles. The Labute approximate surface area is 88.5 Å². The van der Waals surface area contributed by atoms with Gasteiger partial charge in [0.2, 0.25) is 0 Å². The van der Waals surface area contributed by atoms with Crippen LogP contribution in [-0.4, -0.2) is 5.71 Å². The summed E-state index contributed by atoms with van der Waals surface area (Å²) in [6.07, 6.45) is 0.871. The second-order valence-corrected chi connectivity index (χ2v) is 3.82. The first-order valence-corrected chi connectivity index (χ1v) is 4.94. The average Bonchev–Trinajstić information content (AvgIpc) is 2.20. The Bertz CT molecular complexity index is 406. The van der Waals surface area contributed by atoms with Crippen molar-refractivity contribution >= 4 is 5.71 Å². The number of hydrogen-bond donors (Lipinski definition) is 1. The van der Waals surface area contributed by atoms with E-state index in [4.69, 9.17) is 0 Å². The molecule has 0 bridgehead atoms. The summed E-state index contributed by atoms with van der Waals surface area (Å²) in [5.41, 5.74) is 5.72. The lowest BCUT2D eigenvalue weighted by Gasteiger charge is -2.21. The lowest BCUT2D eigenvalue weighted by molar-refractivity contribution is 0.626. The van der Waals surface area contributed by atoms with Gasteiger partial charge in [0.15, 0.2) is 0 Å². The van der Waals surface area contributed by atoms with Crippen molar-refractivity contribution in [2.45, 2.75) is 13.3 Å². The van der Waals surface area contributed by atoms with Gasteiger partial charge in [-0.3, -0.25) is 5.43 Å². The van der Waals surface area contributed by atoms with Gasteiger partial charge in [-0.05, 0) is 24.1 Å². The number of nitrogens with one attached hydrogen (secondary N) is 1. The monoisotopic (exact) mass is 204 g/mol. The Morgan fingerprint density at radius 1 is 1.40 bits per heavy atom. The van der Waals surface area contributed by atoms with Crippen molar-refractivity contribution in [2.75, 3.05) is 0 Å². The Hall–Kier alpha value is -1.64. The van der Waals surface area contributed by atoms with Crippen molar-refractivity contribution in [3.63, 3.8) is 0 Å². The van der Waals surface area contributed by atoms with Crippen molar-refractivity contribution in [2.24, 2.45) is 11.0 Å². The zero-order valence-corrected chi connectivity index (χ0v) is 8.63. The SMILES string of the molecule is C=C1CC(C)C(c2ccc(F)cc2)=NN1. The smallest absolute Gasteiger partial charge is 0.123 e. The fraction of sp³-hybridized carbons (Fsp3) is 0.250. The fourth-order valence-corrected chi connectivity index (χ4v) is 1.73. The zero-order chi connectivity index (χ0) is 10.8. The number of halogens is 1. The maximum Gasteiger partial charge on any atom is 0.123 e. The molecule has 1 heterocycles. The molecule has 1 aromatic rings. The summed E-state index contributed by atoms with van der Waals surface area (Å²) in [5, 5.41) is 4.24. The van der Waals surface area contributed by atoms with Gasteiger partial charge in [-0.15, -0.1) is 0 Å². The highest BCUT2D eigenvalue weighted by molar-refractivity contribution is 6.02. The Morgan fingerprint density at radius 2 is 2.07 bits per heavy atom. The van der Waals surface area contributed by atoms with E-state index in [0.29, 0.717) is 5.92 Å². The van der Waals surface area contributed by atoms with E-state index in [1.54, 1.807) is 12.1 Å². The molecule has 3 heteroatoms. The van der Waals surface area contributed by atoms with Crippen LogP contribution in [0.15, 0.2) is 41.6 Å². The molecule has 2 nitrogen and oxygen atoms in total. The van der Waals surface area contributed by atoms with Crippen molar-refractivity contribution in [1.82, 2.24) is 5.43 Å². The third kappa shape index (κ3) is 2.06. The molecule has 78 valence electrons. The number of allylic oxidation sites excluding steroid dienone is 1. The zero-order valence-electron chi connectivity index (χ0n) is 8.63. The first-order valence-electron chi connectivity index (χ1n) is 4.94. The van der Waals surface area contributed by atoms with Gasteiger partial charge < -0.3 is 0 Å². The Balaban J connectivity index is 2.31. The fourth-order valence-electron chi connectivity index (χ4n) is 1.73.